The molecule has 3 aromatic rings. The number of alkyl halides is 3. The molecule has 0 saturated heterocycles. The fourth-order valence-electron chi connectivity index (χ4n) is 2.13. The Hall–Kier alpha value is -2.16. The van der Waals surface area contributed by atoms with Gasteiger partial charge in [0.1, 0.15) is 6.33 Å². The summed E-state index contributed by atoms with van der Waals surface area (Å²) in [6.45, 7) is 0. The van der Waals surface area contributed by atoms with Gasteiger partial charge in [0.2, 0.25) is 5.82 Å². The van der Waals surface area contributed by atoms with Crippen LogP contribution in [-0.4, -0.2) is 25.6 Å². The second-order valence-electron chi connectivity index (χ2n) is 5.08. The average molecular weight is 325 g/mol. The van der Waals surface area contributed by atoms with Crippen LogP contribution in [0.2, 0.25) is 0 Å². The third kappa shape index (κ3) is 2.31. The van der Waals surface area contributed by atoms with Gasteiger partial charge in [0, 0.05) is 11.4 Å². The first kappa shape index (κ1) is 13.5. The zero-order valence-electron chi connectivity index (χ0n) is 11.1. The second kappa shape index (κ2) is 4.67. The van der Waals surface area contributed by atoms with Gasteiger partial charge >= 0.3 is 6.18 Å². The molecule has 1 aliphatic rings. The lowest BCUT2D eigenvalue weighted by Crippen LogP contribution is -2.15. The van der Waals surface area contributed by atoms with Crippen LogP contribution in [0.3, 0.4) is 0 Å². The summed E-state index contributed by atoms with van der Waals surface area (Å²) in [5, 5.41) is 6.67. The van der Waals surface area contributed by atoms with Crippen LogP contribution < -0.4 is 5.32 Å². The number of halogens is 3. The highest BCUT2D eigenvalue weighted by atomic mass is 32.1. The molecule has 3 aromatic heterocycles. The van der Waals surface area contributed by atoms with Crippen molar-refractivity contribution in [2.24, 2.45) is 0 Å². The summed E-state index contributed by atoms with van der Waals surface area (Å²) < 4.78 is 40.7. The quantitative estimate of drug-likeness (QED) is 0.801. The van der Waals surface area contributed by atoms with E-state index in [0.29, 0.717) is 5.52 Å². The molecule has 1 N–H and O–H groups in total. The van der Waals surface area contributed by atoms with Gasteiger partial charge in [-0.1, -0.05) is 0 Å². The lowest BCUT2D eigenvalue weighted by atomic mass is 10.4. The molecule has 22 heavy (non-hydrogen) atoms. The normalized spacial score (nSPS) is 15.4. The molecule has 0 bridgehead atoms. The van der Waals surface area contributed by atoms with E-state index in [1.54, 1.807) is 10.6 Å². The number of nitrogens with zero attached hydrogens (tertiary/aromatic N) is 4. The molecule has 0 spiro atoms. The first-order valence-corrected chi connectivity index (χ1v) is 7.58. The van der Waals surface area contributed by atoms with E-state index in [4.69, 9.17) is 0 Å². The number of hydrogen-bond acceptors (Lipinski definition) is 5. The van der Waals surface area contributed by atoms with E-state index in [9.17, 15) is 13.2 Å². The van der Waals surface area contributed by atoms with Crippen LogP contribution in [0.25, 0.3) is 16.9 Å². The average Bonchev–Trinajstić information content (AvgIpc) is 2.97. The van der Waals surface area contributed by atoms with Gasteiger partial charge in [-0.05, 0) is 24.3 Å². The highest BCUT2D eigenvalue weighted by Crippen LogP contribution is 2.33. The Balaban J connectivity index is 1.93. The smallest absolute Gasteiger partial charge is 0.365 e. The summed E-state index contributed by atoms with van der Waals surface area (Å²) in [4.78, 5) is 11.5. The lowest BCUT2D eigenvalue weighted by molar-refractivity contribution is -0.144. The van der Waals surface area contributed by atoms with E-state index >= 15 is 0 Å². The van der Waals surface area contributed by atoms with Crippen molar-refractivity contribution in [2.75, 3.05) is 5.32 Å². The molecule has 0 unspecified atom stereocenters. The molecule has 3 heterocycles. The third-order valence-electron chi connectivity index (χ3n) is 3.35. The number of anilines is 1. The minimum absolute atomic E-state index is 0.147. The largest absolute Gasteiger partial charge is 0.451 e. The van der Waals surface area contributed by atoms with Crippen LogP contribution in [0.15, 0.2) is 23.2 Å². The van der Waals surface area contributed by atoms with E-state index in [-0.39, 0.29) is 17.5 Å². The molecule has 0 aromatic carbocycles. The highest BCUT2D eigenvalue weighted by molar-refractivity contribution is 7.08. The second-order valence-corrected chi connectivity index (χ2v) is 5.86. The summed E-state index contributed by atoms with van der Waals surface area (Å²) >= 11 is 1.45. The highest BCUT2D eigenvalue weighted by Gasteiger charge is 2.37. The van der Waals surface area contributed by atoms with Crippen LogP contribution in [0, 0.1) is 0 Å². The summed E-state index contributed by atoms with van der Waals surface area (Å²) in [6.07, 6.45) is -1.27. The first-order chi connectivity index (χ1) is 10.5. The fraction of sp³-hybridized carbons (Fsp3) is 0.308. The van der Waals surface area contributed by atoms with Gasteiger partial charge in [-0.25, -0.2) is 15.0 Å². The number of nitrogens with one attached hydrogen (secondary N) is 1. The van der Waals surface area contributed by atoms with Crippen LogP contribution in [0.4, 0.5) is 19.0 Å². The SMILES string of the molecule is FC(F)(F)c1nc(NC2CC2)c2ncn(-c3ccsc3)c2n1. The van der Waals surface area contributed by atoms with E-state index in [1.165, 1.54) is 17.7 Å². The minimum Gasteiger partial charge on any atom is -0.365 e. The molecule has 0 aliphatic heterocycles. The van der Waals surface area contributed by atoms with Crippen LogP contribution >= 0.6 is 11.3 Å². The molecule has 4 rings (SSSR count). The zero-order valence-corrected chi connectivity index (χ0v) is 11.9. The molecular weight excluding hydrogens is 315 g/mol. The maximum atomic E-state index is 13.0. The van der Waals surface area contributed by atoms with Crippen molar-refractivity contribution in [1.82, 2.24) is 19.5 Å². The summed E-state index contributed by atoms with van der Waals surface area (Å²) in [6, 6.07) is 1.97. The van der Waals surface area contributed by atoms with E-state index in [1.807, 2.05) is 10.8 Å². The number of aromatic nitrogens is 4. The Bertz CT molecular complexity index is 820. The molecule has 0 radical (unpaired) electrons. The van der Waals surface area contributed by atoms with Crippen molar-refractivity contribution in [3.8, 4) is 5.69 Å². The van der Waals surface area contributed by atoms with Gasteiger partial charge in [0.05, 0.1) is 5.69 Å². The van der Waals surface area contributed by atoms with Crippen molar-refractivity contribution >= 4 is 28.3 Å². The van der Waals surface area contributed by atoms with Crippen molar-refractivity contribution < 1.29 is 13.2 Å². The van der Waals surface area contributed by atoms with Crippen LogP contribution in [0.1, 0.15) is 18.7 Å². The van der Waals surface area contributed by atoms with Gasteiger partial charge in [-0.15, -0.1) is 0 Å². The number of rotatable bonds is 3. The third-order valence-corrected chi connectivity index (χ3v) is 4.02. The van der Waals surface area contributed by atoms with Gasteiger partial charge in [-0.3, -0.25) is 4.57 Å². The summed E-state index contributed by atoms with van der Waals surface area (Å²) in [5.41, 5.74) is 1.24. The molecule has 0 atom stereocenters. The molecule has 9 heteroatoms. The number of imidazole rings is 1. The maximum Gasteiger partial charge on any atom is 0.451 e. The predicted octanol–water partition coefficient (Wildman–Crippen LogP) is 3.47. The molecule has 114 valence electrons. The molecule has 5 nitrogen and oxygen atoms in total. The van der Waals surface area contributed by atoms with Crippen molar-refractivity contribution in [2.45, 2.75) is 25.1 Å². The van der Waals surface area contributed by atoms with Crippen molar-refractivity contribution in [3.63, 3.8) is 0 Å². The Morgan fingerprint density at radius 3 is 2.73 bits per heavy atom. The van der Waals surface area contributed by atoms with Gasteiger partial charge in [-0.2, -0.15) is 24.5 Å². The van der Waals surface area contributed by atoms with Gasteiger partial charge in [0.25, 0.3) is 0 Å². The van der Waals surface area contributed by atoms with E-state index in [0.717, 1.165) is 18.5 Å². The minimum atomic E-state index is -4.60. The Labute approximate surface area is 126 Å². The zero-order chi connectivity index (χ0) is 15.3. The van der Waals surface area contributed by atoms with Crippen molar-refractivity contribution in [1.29, 1.82) is 0 Å². The van der Waals surface area contributed by atoms with Crippen LogP contribution in [0.5, 0.6) is 0 Å². The Kier molecular flexibility index (Phi) is 2.86. The standard InChI is InChI=1S/C13H10F3N5S/c14-13(15,16)12-19-10(18-7-1-2-7)9-11(20-12)21(6-17-9)8-3-4-22-5-8/h3-7H,1-2H2,(H,18,19,20). The molecule has 0 amide bonds. The van der Waals surface area contributed by atoms with Crippen LogP contribution in [-0.2, 0) is 6.18 Å². The lowest BCUT2D eigenvalue weighted by Gasteiger charge is -2.10. The maximum absolute atomic E-state index is 13.0. The Morgan fingerprint density at radius 2 is 2.09 bits per heavy atom. The number of thiophene rings is 1. The monoisotopic (exact) mass is 325 g/mol. The van der Waals surface area contributed by atoms with Gasteiger partial charge in [0.15, 0.2) is 17.0 Å². The Morgan fingerprint density at radius 1 is 1.27 bits per heavy atom. The molecular formula is C13H10F3N5S. The van der Waals surface area contributed by atoms with Gasteiger partial charge < -0.3 is 5.32 Å². The summed E-state index contributed by atoms with van der Waals surface area (Å²) in [7, 11) is 0. The predicted molar refractivity (Wildman–Crippen MR) is 76.2 cm³/mol. The van der Waals surface area contributed by atoms with E-state index in [2.05, 4.69) is 20.3 Å². The number of hydrogen-bond donors (Lipinski definition) is 1. The molecule has 1 fully saturated rings. The first-order valence-electron chi connectivity index (χ1n) is 6.64. The topological polar surface area (TPSA) is 55.6 Å². The molecule has 1 aliphatic carbocycles. The number of fused-ring (bicyclic) bond motifs is 1. The van der Waals surface area contributed by atoms with Crippen molar-refractivity contribution in [3.05, 3.63) is 29.0 Å². The molecule has 1 saturated carbocycles. The summed E-state index contributed by atoms with van der Waals surface area (Å²) in [5.74, 6) is -1.01. The fourth-order valence-corrected chi connectivity index (χ4v) is 2.76. The van der Waals surface area contributed by atoms with E-state index < -0.39 is 12.0 Å².